The van der Waals surface area contributed by atoms with Crippen LogP contribution in [0.25, 0.3) is 0 Å². The van der Waals surface area contributed by atoms with E-state index in [0.29, 0.717) is 49.4 Å². The van der Waals surface area contributed by atoms with Gasteiger partial charge in [0.25, 0.3) is 5.91 Å². The van der Waals surface area contributed by atoms with Crippen molar-refractivity contribution in [2.75, 3.05) is 32.6 Å². The Labute approximate surface area is 177 Å². The number of amides is 2. The molecule has 1 aliphatic rings. The molecule has 3 rings (SSSR count). The molecule has 2 aromatic rings. The summed E-state index contributed by atoms with van der Waals surface area (Å²) in [4.78, 5) is 27.4. The molecule has 1 fully saturated rings. The molecule has 2 aromatic carbocycles. The first kappa shape index (κ1) is 21.4. The van der Waals surface area contributed by atoms with Crippen LogP contribution in [0.15, 0.2) is 55.1 Å². The Morgan fingerprint density at radius 3 is 2.43 bits per heavy atom. The number of methoxy groups -OCH3 is 2. The van der Waals surface area contributed by atoms with Crippen LogP contribution in [0.1, 0.15) is 28.8 Å². The SMILES string of the molecule is C=CCc1cc(C(=O)N2CCC(C(=O)Nc3ccccc3)CC2)cc(OC)c1OC. The fraction of sp³-hybridized carbons (Fsp3) is 0.333. The summed E-state index contributed by atoms with van der Waals surface area (Å²) in [5.74, 6) is 0.981. The molecule has 0 unspecified atom stereocenters. The lowest BCUT2D eigenvalue weighted by Crippen LogP contribution is -2.41. The summed E-state index contributed by atoms with van der Waals surface area (Å²) in [6, 6.07) is 13.0. The van der Waals surface area contributed by atoms with E-state index < -0.39 is 0 Å². The Morgan fingerprint density at radius 2 is 1.83 bits per heavy atom. The minimum absolute atomic E-state index is 0.00712. The number of ether oxygens (including phenoxy) is 2. The van der Waals surface area contributed by atoms with Crippen molar-refractivity contribution in [3.8, 4) is 11.5 Å². The monoisotopic (exact) mass is 408 g/mol. The van der Waals surface area contributed by atoms with Crippen LogP contribution < -0.4 is 14.8 Å². The smallest absolute Gasteiger partial charge is 0.254 e. The van der Waals surface area contributed by atoms with Crippen molar-refractivity contribution in [3.05, 3.63) is 66.2 Å². The van der Waals surface area contributed by atoms with Gasteiger partial charge >= 0.3 is 0 Å². The van der Waals surface area contributed by atoms with Gasteiger partial charge in [-0.3, -0.25) is 9.59 Å². The van der Waals surface area contributed by atoms with E-state index in [0.717, 1.165) is 11.3 Å². The van der Waals surface area contributed by atoms with Crippen LogP contribution in [0.4, 0.5) is 5.69 Å². The van der Waals surface area contributed by atoms with Crippen molar-refractivity contribution in [1.29, 1.82) is 0 Å². The summed E-state index contributed by atoms with van der Waals surface area (Å²) in [5.41, 5.74) is 2.20. The lowest BCUT2D eigenvalue weighted by Gasteiger charge is -2.31. The fourth-order valence-corrected chi connectivity index (χ4v) is 3.77. The number of para-hydroxylation sites is 1. The number of piperidine rings is 1. The van der Waals surface area contributed by atoms with E-state index >= 15 is 0 Å². The van der Waals surface area contributed by atoms with Gasteiger partial charge in [0.05, 0.1) is 14.2 Å². The Balaban J connectivity index is 1.67. The number of anilines is 1. The number of carbonyl (C=O) groups is 2. The molecule has 0 spiro atoms. The molecule has 0 aliphatic carbocycles. The Morgan fingerprint density at radius 1 is 1.13 bits per heavy atom. The first-order valence-electron chi connectivity index (χ1n) is 10.1. The van der Waals surface area contributed by atoms with Crippen LogP contribution in [-0.2, 0) is 11.2 Å². The summed E-state index contributed by atoms with van der Waals surface area (Å²) in [5, 5.41) is 2.95. The molecule has 1 heterocycles. The zero-order valence-electron chi connectivity index (χ0n) is 17.5. The van der Waals surface area contributed by atoms with Gasteiger partial charge in [0.1, 0.15) is 0 Å². The Bertz CT molecular complexity index is 903. The summed E-state index contributed by atoms with van der Waals surface area (Å²) < 4.78 is 10.9. The highest BCUT2D eigenvalue weighted by Gasteiger charge is 2.28. The largest absolute Gasteiger partial charge is 0.493 e. The number of rotatable bonds is 7. The van der Waals surface area contributed by atoms with Crippen LogP contribution in [-0.4, -0.2) is 44.0 Å². The second-order valence-corrected chi connectivity index (χ2v) is 7.29. The number of hydrogen-bond donors (Lipinski definition) is 1. The maximum atomic E-state index is 13.1. The summed E-state index contributed by atoms with van der Waals surface area (Å²) in [6.45, 7) is 4.85. The molecule has 2 amide bonds. The van der Waals surface area contributed by atoms with Crippen LogP contribution in [0.5, 0.6) is 11.5 Å². The van der Waals surface area contributed by atoms with E-state index in [1.165, 1.54) is 0 Å². The van der Waals surface area contributed by atoms with E-state index in [4.69, 9.17) is 9.47 Å². The zero-order valence-corrected chi connectivity index (χ0v) is 17.5. The lowest BCUT2D eigenvalue weighted by molar-refractivity contribution is -0.121. The predicted octanol–water partition coefficient (Wildman–Crippen LogP) is 3.92. The average Bonchev–Trinajstić information content (AvgIpc) is 2.79. The normalized spacial score (nSPS) is 14.1. The number of benzene rings is 2. The second-order valence-electron chi connectivity index (χ2n) is 7.29. The van der Waals surface area contributed by atoms with E-state index in [1.54, 1.807) is 31.3 Å². The standard InChI is InChI=1S/C24H28N2O4/c1-4-8-18-15-19(16-21(29-2)22(18)30-3)24(28)26-13-11-17(12-14-26)23(27)25-20-9-6-5-7-10-20/h4-7,9-10,15-17H,1,8,11-14H2,2-3H3,(H,25,27). The highest BCUT2D eigenvalue weighted by molar-refractivity contribution is 5.96. The summed E-state index contributed by atoms with van der Waals surface area (Å²) >= 11 is 0. The van der Waals surface area contributed by atoms with E-state index in [2.05, 4.69) is 11.9 Å². The Hall–Kier alpha value is -3.28. The molecule has 0 atom stereocenters. The topological polar surface area (TPSA) is 67.9 Å². The van der Waals surface area contributed by atoms with Crippen molar-refractivity contribution in [3.63, 3.8) is 0 Å². The van der Waals surface area contributed by atoms with Crippen molar-refractivity contribution < 1.29 is 19.1 Å². The second kappa shape index (κ2) is 9.96. The zero-order chi connectivity index (χ0) is 21.5. The van der Waals surface area contributed by atoms with Gasteiger partial charge in [0.2, 0.25) is 5.91 Å². The lowest BCUT2D eigenvalue weighted by atomic mass is 9.95. The van der Waals surface area contributed by atoms with E-state index in [9.17, 15) is 9.59 Å². The van der Waals surface area contributed by atoms with Crippen LogP contribution in [0.2, 0.25) is 0 Å². The number of hydrogen-bond acceptors (Lipinski definition) is 4. The summed E-state index contributed by atoms with van der Waals surface area (Å²) in [7, 11) is 3.14. The van der Waals surface area contributed by atoms with Gasteiger partial charge in [-0.05, 0) is 43.5 Å². The number of nitrogens with one attached hydrogen (secondary N) is 1. The van der Waals surface area contributed by atoms with Gasteiger partial charge in [0.15, 0.2) is 11.5 Å². The van der Waals surface area contributed by atoms with Crippen molar-refractivity contribution >= 4 is 17.5 Å². The van der Waals surface area contributed by atoms with Crippen molar-refractivity contribution in [1.82, 2.24) is 4.90 Å². The van der Waals surface area contributed by atoms with Crippen LogP contribution in [0, 0.1) is 5.92 Å². The number of likely N-dealkylation sites (tertiary alicyclic amines) is 1. The maximum absolute atomic E-state index is 13.1. The molecule has 30 heavy (non-hydrogen) atoms. The quantitative estimate of drug-likeness (QED) is 0.705. The molecule has 1 saturated heterocycles. The maximum Gasteiger partial charge on any atom is 0.254 e. The van der Waals surface area contributed by atoms with Gasteiger partial charge in [-0.2, -0.15) is 0 Å². The minimum atomic E-state index is -0.101. The van der Waals surface area contributed by atoms with Crippen LogP contribution >= 0.6 is 0 Å². The first-order valence-corrected chi connectivity index (χ1v) is 10.1. The Kier molecular flexibility index (Phi) is 7.12. The summed E-state index contributed by atoms with van der Waals surface area (Å²) in [6.07, 6.45) is 3.61. The molecular weight excluding hydrogens is 380 g/mol. The third-order valence-corrected chi connectivity index (χ3v) is 5.36. The highest BCUT2D eigenvalue weighted by atomic mass is 16.5. The number of nitrogens with zero attached hydrogens (tertiary/aromatic N) is 1. The molecule has 1 aliphatic heterocycles. The van der Waals surface area contributed by atoms with Crippen molar-refractivity contribution in [2.24, 2.45) is 5.92 Å². The number of carbonyl (C=O) groups excluding carboxylic acids is 2. The molecule has 1 N–H and O–H groups in total. The molecule has 0 bridgehead atoms. The van der Waals surface area contributed by atoms with E-state index in [-0.39, 0.29) is 17.7 Å². The third-order valence-electron chi connectivity index (χ3n) is 5.36. The molecule has 6 nitrogen and oxygen atoms in total. The predicted molar refractivity (Wildman–Crippen MR) is 117 cm³/mol. The fourth-order valence-electron chi connectivity index (χ4n) is 3.77. The van der Waals surface area contributed by atoms with Gasteiger partial charge in [-0.1, -0.05) is 24.3 Å². The van der Waals surface area contributed by atoms with E-state index in [1.807, 2.05) is 36.4 Å². The van der Waals surface area contributed by atoms with Crippen LogP contribution in [0.3, 0.4) is 0 Å². The highest BCUT2D eigenvalue weighted by Crippen LogP contribution is 2.34. The van der Waals surface area contributed by atoms with Gasteiger partial charge in [0, 0.05) is 35.8 Å². The average molecular weight is 408 g/mol. The first-order chi connectivity index (χ1) is 14.6. The van der Waals surface area contributed by atoms with Gasteiger partial charge < -0.3 is 19.7 Å². The minimum Gasteiger partial charge on any atom is -0.493 e. The molecular formula is C24H28N2O4. The molecule has 0 aromatic heterocycles. The third kappa shape index (κ3) is 4.82. The molecule has 6 heteroatoms. The molecule has 0 radical (unpaired) electrons. The van der Waals surface area contributed by atoms with Gasteiger partial charge in [-0.15, -0.1) is 6.58 Å². The molecule has 0 saturated carbocycles. The molecule has 158 valence electrons. The number of allylic oxidation sites excluding steroid dienone is 1. The van der Waals surface area contributed by atoms with Gasteiger partial charge in [-0.25, -0.2) is 0 Å². The van der Waals surface area contributed by atoms with Crippen molar-refractivity contribution in [2.45, 2.75) is 19.3 Å².